The summed E-state index contributed by atoms with van der Waals surface area (Å²) in [6, 6.07) is 13.9. The third kappa shape index (κ3) is 4.06. The highest BCUT2D eigenvalue weighted by molar-refractivity contribution is 6.50. The van der Waals surface area contributed by atoms with Crippen molar-refractivity contribution >= 4 is 29.0 Å². The molecule has 1 atom stereocenters. The molecule has 1 unspecified atom stereocenters. The number of carbonyl (C=O) groups is 3. The number of likely N-dealkylation sites (N-methyl/N-ethyl adjacent to an activating group) is 1. The van der Waals surface area contributed by atoms with Crippen molar-refractivity contribution in [3.8, 4) is 5.75 Å². The van der Waals surface area contributed by atoms with Gasteiger partial charge in [-0.3, -0.25) is 19.3 Å². The highest BCUT2D eigenvalue weighted by atomic mass is 16.5. The highest BCUT2D eigenvalue weighted by Gasteiger charge is 2.66. The average molecular weight is 520 g/mol. The fourth-order valence-corrected chi connectivity index (χ4v) is 5.62. The third-order valence-corrected chi connectivity index (χ3v) is 7.47. The zero-order valence-corrected chi connectivity index (χ0v) is 21.8. The predicted octanol–water partition coefficient (Wildman–Crippen LogP) is 2.75. The van der Waals surface area contributed by atoms with Gasteiger partial charge in [-0.25, -0.2) is 0 Å². The van der Waals surface area contributed by atoms with Crippen molar-refractivity contribution in [3.05, 3.63) is 65.2 Å². The van der Waals surface area contributed by atoms with Crippen molar-refractivity contribution in [2.75, 3.05) is 57.4 Å². The van der Waals surface area contributed by atoms with E-state index in [4.69, 9.17) is 9.47 Å². The molecule has 9 heteroatoms. The fourth-order valence-electron chi connectivity index (χ4n) is 5.62. The number of ether oxygens (including phenoxy) is 2. The molecule has 0 aliphatic carbocycles. The molecule has 2 amide bonds. The summed E-state index contributed by atoms with van der Waals surface area (Å²) in [6.07, 6.45) is 0.853. The Bertz CT molecular complexity index is 1270. The molecular weight excluding hydrogens is 486 g/mol. The van der Waals surface area contributed by atoms with Crippen LogP contribution in [0.5, 0.6) is 5.75 Å². The summed E-state index contributed by atoms with van der Waals surface area (Å²) in [6.45, 7) is 7.99. The molecule has 0 radical (unpaired) electrons. The van der Waals surface area contributed by atoms with E-state index in [1.54, 1.807) is 41.3 Å². The molecule has 9 nitrogen and oxygen atoms in total. The van der Waals surface area contributed by atoms with Crippen LogP contribution in [0.25, 0.3) is 5.76 Å². The lowest BCUT2D eigenvalue weighted by Gasteiger charge is -2.36. The highest BCUT2D eigenvalue weighted by Crippen LogP contribution is 2.53. The van der Waals surface area contributed by atoms with Crippen LogP contribution in [0.2, 0.25) is 0 Å². The van der Waals surface area contributed by atoms with Crippen molar-refractivity contribution in [1.82, 2.24) is 9.80 Å². The van der Waals surface area contributed by atoms with Gasteiger partial charge in [0.1, 0.15) is 11.5 Å². The smallest absolute Gasteiger partial charge is 0.296 e. The van der Waals surface area contributed by atoms with E-state index in [2.05, 4.69) is 4.90 Å². The molecule has 3 aliphatic heterocycles. The number of para-hydroxylation sites is 1. The lowest BCUT2D eigenvalue weighted by Crippen LogP contribution is -2.54. The molecule has 2 aromatic carbocycles. The Hall–Kier alpha value is -3.69. The van der Waals surface area contributed by atoms with Crippen LogP contribution in [0.1, 0.15) is 31.4 Å². The van der Waals surface area contributed by atoms with Gasteiger partial charge in [0.25, 0.3) is 17.6 Å². The summed E-state index contributed by atoms with van der Waals surface area (Å²) in [7, 11) is 0. The first-order chi connectivity index (χ1) is 18.4. The van der Waals surface area contributed by atoms with Gasteiger partial charge in [-0.2, -0.15) is 0 Å². The van der Waals surface area contributed by atoms with Crippen LogP contribution in [0.4, 0.5) is 5.69 Å². The minimum absolute atomic E-state index is 0.156. The van der Waals surface area contributed by atoms with E-state index in [0.717, 1.165) is 6.42 Å². The Balaban J connectivity index is 1.65. The molecule has 2 fully saturated rings. The fraction of sp³-hybridized carbons (Fsp3) is 0.414. The maximum absolute atomic E-state index is 14.3. The number of ketones is 1. The van der Waals surface area contributed by atoms with Gasteiger partial charge in [-0.05, 0) is 43.7 Å². The Kier molecular flexibility index (Phi) is 7.23. The molecule has 5 rings (SSSR count). The van der Waals surface area contributed by atoms with Gasteiger partial charge in [0, 0.05) is 43.9 Å². The summed E-state index contributed by atoms with van der Waals surface area (Å²) in [5.41, 5.74) is -0.446. The summed E-state index contributed by atoms with van der Waals surface area (Å²) < 4.78 is 11.1. The average Bonchev–Trinajstić information content (AvgIpc) is 3.33. The number of anilines is 1. The van der Waals surface area contributed by atoms with E-state index < -0.39 is 23.1 Å². The van der Waals surface area contributed by atoms with Crippen LogP contribution in [0.3, 0.4) is 0 Å². The lowest BCUT2D eigenvalue weighted by molar-refractivity contribution is -0.144. The number of benzene rings is 2. The van der Waals surface area contributed by atoms with E-state index in [1.807, 2.05) is 26.0 Å². The monoisotopic (exact) mass is 519 g/mol. The number of likely N-dealkylation sites (tertiary alicyclic amines) is 1. The van der Waals surface area contributed by atoms with Crippen molar-refractivity contribution in [2.24, 2.45) is 0 Å². The van der Waals surface area contributed by atoms with Gasteiger partial charge in [0.2, 0.25) is 0 Å². The topological polar surface area (TPSA) is 99.6 Å². The molecule has 1 N–H and O–H groups in total. The quantitative estimate of drug-likeness (QED) is 0.325. The number of morpholine rings is 1. The van der Waals surface area contributed by atoms with E-state index >= 15 is 0 Å². The number of hydrogen-bond donors (Lipinski definition) is 1. The van der Waals surface area contributed by atoms with Crippen LogP contribution in [0.15, 0.2) is 54.1 Å². The number of hydrogen-bond acceptors (Lipinski definition) is 7. The molecule has 2 saturated heterocycles. The largest absolute Gasteiger partial charge is 0.507 e. The van der Waals surface area contributed by atoms with Crippen LogP contribution in [-0.4, -0.2) is 85.0 Å². The number of fused-ring (bicyclic) bond motifs is 2. The normalized spacial score (nSPS) is 22.9. The van der Waals surface area contributed by atoms with Crippen molar-refractivity contribution in [2.45, 2.75) is 25.8 Å². The molecule has 1 spiro atoms. The number of carbonyl (C=O) groups excluding carboxylic acids is 3. The Morgan fingerprint density at radius 1 is 1.00 bits per heavy atom. The van der Waals surface area contributed by atoms with E-state index in [-0.39, 0.29) is 17.9 Å². The van der Waals surface area contributed by atoms with E-state index in [9.17, 15) is 19.5 Å². The van der Waals surface area contributed by atoms with Gasteiger partial charge >= 0.3 is 0 Å². The number of aliphatic hydroxyl groups is 1. The second-order valence-corrected chi connectivity index (χ2v) is 9.61. The SMILES string of the molecule is CCCOc1ccc(/C(O)=C2\C(=O)C(=O)N(CCN3CCOCC3)C23C(=O)N(CC)c2ccccc23)cc1. The summed E-state index contributed by atoms with van der Waals surface area (Å²) in [5.74, 6) is -1.81. The van der Waals surface area contributed by atoms with Crippen LogP contribution >= 0.6 is 0 Å². The minimum atomic E-state index is -1.74. The number of rotatable bonds is 8. The van der Waals surface area contributed by atoms with Gasteiger partial charge in [-0.15, -0.1) is 0 Å². The van der Waals surface area contributed by atoms with Crippen molar-refractivity contribution in [1.29, 1.82) is 0 Å². The molecule has 2 aromatic rings. The van der Waals surface area contributed by atoms with Crippen LogP contribution in [-0.2, 0) is 24.7 Å². The second-order valence-electron chi connectivity index (χ2n) is 9.61. The van der Waals surface area contributed by atoms with E-state index in [1.165, 1.54) is 4.90 Å². The second kappa shape index (κ2) is 10.6. The van der Waals surface area contributed by atoms with Gasteiger partial charge < -0.3 is 24.4 Å². The minimum Gasteiger partial charge on any atom is -0.507 e. The van der Waals surface area contributed by atoms with Crippen LogP contribution < -0.4 is 9.64 Å². The van der Waals surface area contributed by atoms with Gasteiger partial charge in [-0.1, -0.05) is 25.1 Å². The Labute approximate surface area is 222 Å². The molecule has 0 aromatic heterocycles. The Morgan fingerprint density at radius 3 is 2.39 bits per heavy atom. The number of amides is 2. The van der Waals surface area contributed by atoms with E-state index in [0.29, 0.717) is 68.6 Å². The lowest BCUT2D eigenvalue weighted by atomic mass is 9.82. The molecule has 0 bridgehead atoms. The van der Waals surface area contributed by atoms with Crippen molar-refractivity contribution < 1.29 is 29.0 Å². The zero-order valence-electron chi connectivity index (χ0n) is 21.8. The third-order valence-electron chi connectivity index (χ3n) is 7.47. The molecule has 38 heavy (non-hydrogen) atoms. The standard InChI is InChI=1S/C29H33N3O6/c1-3-17-38-21-11-9-20(10-12-21)25(33)24-26(34)27(35)32(14-13-30-15-18-37-19-16-30)29(24)22-7-5-6-8-23(22)31(4-2)28(29)36/h5-12,33H,3-4,13-19H2,1-2H3/b25-24-. The maximum Gasteiger partial charge on any atom is 0.296 e. The maximum atomic E-state index is 14.3. The predicted molar refractivity (Wildman–Crippen MR) is 142 cm³/mol. The first kappa shape index (κ1) is 25.9. The summed E-state index contributed by atoms with van der Waals surface area (Å²) >= 11 is 0. The first-order valence-electron chi connectivity index (χ1n) is 13.2. The molecule has 3 aliphatic rings. The number of aliphatic hydroxyl groups excluding tert-OH is 1. The molecule has 0 saturated carbocycles. The zero-order chi connectivity index (χ0) is 26.9. The number of nitrogens with zero attached hydrogens (tertiary/aromatic N) is 3. The molecule has 3 heterocycles. The first-order valence-corrected chi connectivity index (χ1v) is 13.2. The summed E-state index contributed by atoms with van der Waals surface area (Å²) in [5, 5.41) is 11.6. The summed E-state index contributed by atoms with van der Waals surface area (Å²) in [4.78, 5) is 46.6. The molecular formula is C29H33N3O6. The van der Waals surface area contributed by atoms with Crippen LogP contribution in [0, 0.1) is 0 Å². The number of Topliss-reactive ketones (excluding diaryl/α,β-unsaturated/α-hetero) is 1. The van der Waals surface area contributed by atoms with Crippen molar-refractivity contribution in [3.63, 3.8) is 0 Å². The van der Waals surface area contributed by atoms with Gasteiger partial charge in [0.15, 0.2) is 5.54 Å². The Morgan fingerprint density at radius 2 is 1.71 bits per heavy atom. The molecule has 200 valence electrons. The van der Waals surface area contributed by atoms with Gasteiger partial charge in [0.05, 0.1) is 31.1 Å².